The Morgan fingerprint density at radius 2 is 1.39 bits per heavy atom. The van der Waals surface area contributed by atoms with Gasteiger partial charge in [-0.2, -0.15) is 0 Å². The Kier molecular flexibility index (Phi) is 2.90. The molecule has 98 valence electrons. The van der Waals surface area contributed by atoms with E-state index < -0.39 is 30.0 Å². The van der Waals surface area contributed by atoms with Crippen LogP contribution in [0, 0.1) is 11.6 Å². The summed E-state index contributed by atoms with van der Waals surface area (Å²) in [6, 6.07) is 2.12. The fourth-order valence-corrected chi connectivity index (χ4v) is 1.79. The Balaban J connectivity index is 2.42. The zero-order valence-corrected chi connectivity index (χ0v) is 10.9. The van der Waals surface area contributed by atoms with Crippen LogP contribution in [0.2, 0.25) is 0 Å². The van der Waals surface area contributed by atoms with Gasteiger partial charge in [-0.15, -0.1) is 0 Å². The number of nitrogen functional groups attached to an aromatic ring is 1. The number of benzene rings is 1. The van der Waals surface area contributed by atoms with Crippen molar-refractivity contribution in [1.82, 2.24) is 0 Å². The molecule has 0 aliphatic carbocycles. The molecule has 1 aliphatic rings. The second-order valence-corrected chi connectivity index (χ2v) is 5.49. The first-order valence-electron chi connectivity index (χ1n) is 5.74. The molecule has 2 N–H and O–H groups in total. The van der Waals surface area contributed by atoms with Crippen molar-refractivity contribution < 1.29 is 18.1 Å². The van der Waals surface area contributed by atoms with Gasteiger partial charge in [0.15, 0.2) is 0 Å². The van der Waals surface area contributed by atoms with E-state index >= 15 is 0 Å². The summed E-state index contributed by atoms with van der Waals surface area (Å²) >= 11 is 0. The summed E-state index contributed by atoms with van der Waals surface area (Å²) < 4.78 is 38.8. The van der Waals surface area contributed by atoms with Crippen LogP contribution in [0.25, 0.3) is 0 Å². The van der Waals surface area contributed by atoms with Crippen LogP contribution in [0.1, 0.15) is 27.7 Å². The van der Waals surface area contributed by atoms with Crippen molar-refractivity contribution in [3.63, 3.8) is 0 Å². The van der Waals surface area contributed by atoms with Gasteiger partial charge < -0.3 is 15.0 Å². The van der Waals surface area contributed by atoms with Gasteiger partial charge in [0, 0.05) is 5.69 Å². The molecule has 0 aromatic heterocycles. The summed E-state index contributed by atoms with van der Waals surface area (Å²) in [5.41, 5.74) is 3.89. The van der Waals surface area contributed by atoms with E-state index in [1.54, 1.807) is 0 Å². The van der Waals surface area contributed by atoms with Crippen molar-refractivity contribution >= 4 is 18.3 Å². The molecule has 0 unspecified atom stereocenters. The third kappa shape index (κ3) is 1.99. The molecule has 1 saturated heterocycles. The summed E-state index contributed by atoms with van der Waals surface area (Å²) in [5, 5.41) is 0. The minimum atomic E-state index is -1.06. The molecule has 0 radical (unpaired) electrons. The summed E-state index contributed by atoms with van der Waals surface area (Å²) in [6.45, 7) is 7.28. The minimum absolute atomic E-state index is 0.0327. The molecule has 18 heavy (non-hydrogen) atoms. The molecule has 3 nitrogen and oxygen atoms in total. The first kappa shape index (κ1) is 13.3. The Morgan fingerprint density at radius 3 is 1.78 bits per heavy atom. The lowest BCUT2D eigenvalue weighted by Crippen LogP contribution is -2.41. The van der Waals surface area contributed by atoms with Crippen LogP contribution >= 0.6 is 0 Å². The van der Waals surface area contributed by atoms with Crippen LogP contribution in [0.5, 0.6) is 0 Å². The van der Waals surface area contributed by atoms with Crippen molar-refractivity contribution in [3.8, 4) is 0 Å². The van der Waals surface area contributed by atoms with Crippen molar-refractivity contribution in [3.05, 3.63) is 23.8 Å². The van der Waals surface area contributed by atoms with Gasteiger partial charge in [-0.1, -0.05) is 0 Å². The molecule has 0 saturated carbocycles. The maximum absolute atomic E-state index is 13.8. The van der Waals surface area contributed by atoms with Crippen LogP contribution in [0.3, 0.4) is 0 Å². The van der Waals surface area contributed by atoms with Crippen molar-refractivity contribution in [2.75, 3.05) is 5.73 Å². The van der Waals surface area contributed by atoms with Crippen LogP contribution in [-0.2, 0) is 9.31 Å². The second kappa shape index (κ2) is 3.93. The first-order chi connectivity index (χ1) is 8.14. The van der Waals surface area contributed by atoms with E-state index in [1.807, 2.05) is 27.7 Å². The standard InChI is InChI=1S/C12H16BF2NO2/c1-11(2)12(3,4)18-13(17-11)10-8(14)5-7(16)6-9(10)15/h5-6H,16H2,1-4H3. The SMILES string of the molecule is CC1(C)OB(c2c(F)cc(N)cc2F)OC1(C)C. The molecule has 0 amide bonds. The van der Waals surface area contributed by atoms with Gasteiger partial charge in [-0.05, 0) is 39.8 Å². The largest absolute Gasteiger partial charge is 0.500 e. The average Bonchev–Trinajstić information content (AvgIpc) is 2.32. The van der Waals surface area contributed by atoms with Crippen molar-refractivity contribution in [2.24, 2.45) is 0 Å². The topological polar surface area (TPSA) is 44.5 Å². The molecule has 1 heterocycles. The average molecular weight is 255 g/mol. The maximum atomic E-state index is 13.8. The number of hydrogen-bond acceptors (Lipinski definition) is 3. The van der Waals surface area contributed by atoms with Crippen molar-refractivity contribution in [1.29, 1.82) is 0 Å². The second-order valence-electron chi connectivity index (χ2n) is 5.49. The van der Waals surface area contributed by atoms with Gasteiger partial charge in [-0.25, -0.2) is 8.78 Å². The van der Waals surface area contributed by atoms with Crippen LogP contribution < -0.4 is 11.2 Å². The smallest absolute Gasteiger partial charge is 0.399 e. The lowest BCUT2D eigenvalue weighted by atomic mass is 9.78. The number of hydrogen-bond donors (Lipinski definition) is 1. The molecule has 1 aromatic rings. The molecule has 6 heteroatoms. The Labute approximate surface area is 105 Å². The Morgan fingerprint density at radius 1 is 1.00 bits per heavy atom. The quantitative estimate of drug-likeness (QED) is 0.615. The van der Waals surface area contributed by atoms with E-state index in [0.29, 0.717) is 0 Å². The molecular formula is C12H16BF2NO2. The highest BCUT2D eigenvalue weighted by Crippen LogP contribution is 2.36. The van der Waals surface area contributed by atoms with Gasteiger partial charge >= 0.3 is 7.12 Å². The highest BCUT2D eigenvalue weighted by molar-refractivity contribution is 6.62. The Bertz CT molecular complexity index is 452. The summed E-state index contributed by atoms with van der Waals surface area (Å²) in [7, 11) is -1.06. The zero-order valence-electron chi connectivity index (χ0n) is 10.9. The van der Waals surface area contributed by atoms with E-state index in [2.05, 4.69) is 0 Å². The van der Waals surface area contributed by atoms with Gasteiger partial charge in [0.2, 0.25) is 0 Å². The van der Waals surface area contributed by atoms with Gasteiger partial charge in [-0.3, -0.25) is 0 Å². The third-order valence-electron chi connectivity index (χ3n) is 3.59. The van der Waals surface area contributed by atoms with E-state index in [1.165, 1.54) is 0 Å². The molecule has 1 fully saturated rings. The number of anilines is 1. The summed E-state index contributed by atoms with van der Waals surface area (Å²) in [4.78, 5) is 0. The molecule has 1 aliphatic heterocycles. The van der Waals surface area contributed by atoms with Crippen molar-refractivity contribution in [2.45, 2.75) is 38.9 Å². The van der Waals surface area contributed by atoms with E-state index in [4.69, 9.17) is 15.0 Å². The highest BCUT2D eigenvalue weighted by Gasteiger charge is 2.53. The first-order valence-corrected chi connectivity index (χ1v) is 5.74. The summed E-state index contributed by atoms with van der Waals surface area (Å²) in [5.74, 6) is -1.52. The lowest BCUT2D eigenvalue weighted by Gasteiger charge is -2.32. The predicted molar refractivity (Wildman–Crippen MR) is 66.5 cm³/mol. The molecule has 1 aromatic carbocycles. The normalized spacial score (nSPS) is 21.3. The van der Waals surface area contributed by atoms with E-state index in [9.17, 15) is 8.78 Å². The molecule has 2 rings (SSSR count). The van der Waals surface area contributed by atoms with E-state index in [-0.39, 0.29) is 11.2 Å². The minimum Gasteiger partial charge on any atom is -0.399 e. The molecular weight excluding hydrogens is 239 g/mol. The lowest BCUT2D eigenvalue weighted by molar-refractivity contribution is 0.00578. The molecule has 0 bridgehead atoms. The predicted octanol–water partition coefficient (Wildman–Crippen LogP) is 1.85. The third-order valence-corrected chi connectivity index (χ3v) is 3.59. The fraction of sp³-hybridized carbons (Fsp3) is 0.500. The number of nitrogens with two attached hydrogens (primary N) is 1. The van der Waals surface area contributed by atoms with Crippen LogP contribution in [0.4, 0.5) is 14.5 Å². The highest BCUT2D eigenvalue weighted by atomic mass is 19.1. The van der Waals surface area contributed by atoms with Gasteiger partial charge in [0.1, 0.15) is 11.6 Å². The maximum Gasteiger partial charge on any atom is 0.500 e. The Hall–Kier alpha value is -1.14. The fourth-order valence-electron chi connectivity index (χ4n) is 1.79. The monoisotopic (exact) mass is 255 g/mol. The van der Waals surface area contributed by atoms with Gasteiger partial charge in [0.05, 0.1) is 16.7 Å². The van der Waals surface area contributed by atoms with E-state index in [0.717, 1.165) is 12.1 Å². The number of rotatable bonds is 1. The van der Waals surface area contributed by atoms with Gasteiger partial charge in [0.25, 0.3) is 0 Å². The summed E-state index contributed by atoms with van der Waals surface area (Å²) in [6.07, 6.45) is 0. The van der Waals surface area contributed by atoms with Crippen LogP contribution in [-0.4, -0.2) is 18.3 Å². The molecule has 0 spiro atoms. The zero-order chi connectivity index (χ0) is 13.7. The van der Waals surface area contributed by atoms with Crippen LogP contribution in [0.15, 0.2) is 12.1 Å². The number of halogens is 2. The molecule has 0 atom stereocenters.